The minimum absolute atomic E-state index is 0.241. The van der Waals surface area contributed by atoms with Crippen molar-refractivity contribution in [3.05, 3.63) is 12.7 Å². The smallest absolute Gasteiger partial charge is 0.245 e. The molecule has 0 aromatic carbocycles. The Bertz CT molecular complexity index is 170. The van der Waals surface area contributed by atoms with E-state index in [2.05, 4.69) is 11.9 Å². The first kappa shape index (κ1) is 12.1. The molecule has 76 valence electrons. The van der Waals surface area contributed by atoms with Crippen LogP contribution < -0.4 is 5.32 Å². The van der Waals surface area contributed by atoms with E-state index in [4.69, 9.17) is 9.47 Å². The predicted molar refractivity (Wildman–Crippen MR) is 50.0 cm³/mol. The molecule has 13 heavy (non-hydrogen) atoms. The van der Waals surface area contributed by atoms with Crippen LogP contribution in [0.4, 0.5) is 0 Å². The van der Waals surface area contributed by atoms with Crippen molar-refractivity contribution in [1.29, 1.82) is 0 Å². The topological polar surface area (TPSA) is 47.6 Å². The van der Waals surface area contributed by atoms with Gasteiger partial charge >= 0.3 is 0 Å². The summed E-state index contributed by atoms with van der Waals surface area (Å²) in [5.41, 5.74) is 0. The quantitative estimate of drug-likeness (QED) is 0.499. The van der Waals surface area contributed by atoms with Gasteiger partial charge in [0.1, 0.15) is 6.23 Å². The lowest BCUT2D eigenvalue weighted by atomic mass is 10.4. The molecule has 0 bridgehead atoms. The van der Waals surface area contributed by atoms with E-state index in [-0.39, 0.29) is 18.4 Å². The molecule has 0 aromatic rings. The molecule has 0 radical (unpaired) electrons. The summed E-state index contributed by atoms with van der Waals surface area (Å²) in [7, 11) is 1.55. The van der Waals surface area contributed by atoms with E-state index in [9.17, 15) is 4.79 Å². The second-order valence-electron chi connectivity index (χ2n) is 2.55. The van der Waals surface area contributed by atoms with Crippen molar-refractivity contribution >= 4 is 5.91 Å². The van der Waals surface area contributed by atoms with Crippen molar-refractivity contribution in [2.75, 3.05) is 7.11 Å². The van der Waals surface area contributed by atoms with Crippen LogP contribution >= 0.6 is 0 Å². The first-order valence-corrected chi connectivity index (χ1v) is 4.25. The molecule has 0 spiro atoms. The summed E-state index contributed by atoms with van der Waals surface area (Å²) >= 11 is 0. The third-order valence-electron chi connectivity index (χ3n) is 1.55. The number of ether oxygens (including phenoxy) is 2. The van der Waals surface area contributed by atoms with Crippen molar-refractivity contribution in [2.45, 2.75) is 32.8 Å². The molecule has 4 heteroatoms. The van der Waals surface area contributed by atoms with Gasteiger partial charge in [-0.25, -0.2) is 0 Å². The second-order valence-corrected chi connectivity index (χ2v) is 2.55. The molecule has 4 nitrogen and oxygen atoms in total. The monoisotopic (exact) mass is 187 g/mol. The van der Waals surface area contributed by atoms with Crippen LogP contribution in [0.1, 0.15) is 20.3 Å². The molecular weight excluding hydrogens is 170 g/mol. The normalized spacial score (nSPS) is 14.7. The molecule has 0 aliphatic rings. The van der Waals surface area contributed by atoms with E-state index < -0.39 is 0 Å². The molecule has 2 atom stereocenters. The van der Waals surface area contributed by atoms with Crippen LogP contribution in [-0.4, -0.2) is 25.5 Å². The van der Waals surface area contributed by atoms with E-state index in [1.54, 1.807) is 14.0 Å². The summed E-state index contributed by atoms with van der Waals surface area (Å²) < 4.78 is 10.2. The minimum atomic E-state index is -0.324. The maximum absolute atomic E-state index is 10.9. The largest absolute Gasteiger partial charge is 0.356 e. The molecule has 2 unspecified atom stereocenters. The summed E-state index contributed by atoms with van der Waals surface area (Å²) in [5.74, 6) is -0.241. The SMILES string of the molecule is C=CC(=O)NC(CC)OC(C)OC. The van der Waals surface area contributed by atoms with Gasteiger partial charge in [0.25, 0.3) is 0 Å². The fourth-order valence-electron chi connectivity index (χ4n) is 0.737. The fraction of sp³-hybridized carbons (Fsp3) is 0.667. The van der Waals surface area contributed by atoms with Gasteiger partial charge in [-0.15, -0.1) is 0 Å². The van der Waals surface area contributed by atoms with Gasteiger partial charge in [-0.1, -0.05) is 13.5 Å². The second kappa shape index (κ2) is 6.62. The first-order valence-electron chi connectivity index (χ1n) is 4.25. The van der Waals surface area contributed by atoms with Crippen LogP contribution in [0.25, 0.3) is 0 Å². The highest BCUT2D eigenvalue weighted by atomic mass is 16.7. The summed E-state index contributed by atoms with van der Waals surface area (Å²) in [5, 5.41) is 2.62. The number of carbonyl (C=O) groups excluding carboxylic acids is 1. The molecule has 1 N–H and O–H groups in total. The first-order chi connectivity index (χ1) is 6.13. The molecular formula is C9H17NO3. The molecule has 0 aliphatic heterocycles. The van der Waals surface area contributed by atoms with Gasteiger partial charge in [-0.05, 0) is 19.4 Å². The minimum Gasteiger partial charge on any atom is -0.356 e. The average Bonchev–Trinajstić information content (AvgIpc) is 2.16. The molecule has 0 aromatic heterocycles. The van der Waals surface area contributed by atoms with Gasteiger partial charge in [0.15, 0.2) is 6.29 Å². The number of carbonyl (C=O) groups is 1. The molecule has 0 fully saturated rings. The van der Waals surface area contributed by atoms with E-state index in [1.165, 1.54) is 6.08 Å². The van der Waals surface area contributed by atoms with Crippen molar-refractivity contribution in [3.8, 4) is 0 Å². The highest BCUT2D eigenvalue weighted by Gasteiger charge is 2.11. The Hall–Kier alpha value is -0.870. The Labute approximate surface area is 78.9 Å². The summed E-state index contributed by atoms with van der Waals surface area (Å²) in [6.07, 6.45) is 1.26. The van der Waals surface area contributed by atoms with E-state index >= 15 is 0 Å². The Kier molecular flexibility index (Phi) is 6.18. The number of rotatable bonds is 6. The van der Waals surface area contributed by atoms with Crippen LogP contribution in [0.15, 0.2) is 12.7 Å². The summed E-state index contributed by atoms with van der Waals surface area (Å²) in [6, 6.07) is 0. The van der Waals surface area contributed by atoms with Crippen LogP contribution in [0.3, 0.4) is 0 Å². The van der Waals surface area contributed by atoms with Gasteiger partial charge in [-0.2, -0.15) is 0 Å². The lowest BCUT2D eigenvalue weighted by Gasteiger charge is -2.20. The average molecular weight is 187 g/mol. The Morgan fingerprint density at radius 1 is 1.69 bits per heavy atom. The third kappa shape index (κ3) is 5.38. The molecule has 0 rings (SSSR count). The lowest BCUT2D eigenvalue weighted by molar-refractivity contribution is -0.157. The molecule has 0 saturated carbocycles. The molecule has 0 saturated heterocycles. The summed E-state index contributed by atoms with van der Waals surface area (Å²) in [4.78, 5) is 10.9. The van der Waals surface area contributed by atoms with Crippen molar-refractivity contribution in [1.82, 2.24) is 5.32 Å². The number of amides is 1. The van der Waals surface area contributed by atoms with Gasteiger partial charge in [0, 0.05) is 7.11 Å². The van der Waals surface area contributed by atoms with Crippen LogP contribution in [0.5, 0.6) is 0 Å². The molecule has 0 heterocycles. The predicted octanol–water partition coefficient (Wildman–Crippen LogP) is 1.03. The van der Waals surface area contributed by atoms with E-state index in [0.29, 0.717) is 6.42 Å². The maximum Gasteiger partial charge on any atom is 0.245 e. The Morgan fingerprint density at radius 3 is 2.69 bits per heavy atom. The van der Waals surface area contributed by atoms with Crippen LogP contribution in [0, 0.1) is 0 Å². The number of nitrogens with one attached hydrogen (secondary N) is 1. The standard InChI is InChI=1S/C9H17NO3/c1-5-8(11)10-9(6-2)13-7(3)12-4/h5,7,9H,1,6H2,2-4H3,(H,10,11). The zero-order valence-corrected chi connectivity index (χ0v) is 8.37. The van der Waals surface area contributed by atoms with E-state index in [1.807, 2.05) is 6.92 Å². The number of hydrogen-bond acceptors (Lipinski definition) is 3. The Balaban J connectivity index is 3.88. The molecule has 1 amide bonds. The van der Waals surface area contributed by atoms with Crippen LogP contribution in [-0.2, 0) is 14.3 Å². The summed E-state index contributed by atoms with van der Waals surface area (Å²) in [6.45, 7) is 7.03. The van der Waals surface area contributed by atoms with Crippen LogP contribution in [0.2, 0.25) is 0 Å². The van der Waals surface area contributed by atoms with Gasteiger partial charge in [-0.3, -0.25) is 4.79 Å². The number of hydrogen-bond donors (Lipinski definition) is 1. The fourth-order valence-corrected chi connectivity index (χ4v) is 0.737. The zero-order chi connectivity index (χ0) is 10.3. The van der Waals surface area contributed by atoms with Crippen molar-refractivity contribution in [3.63, 3.8) is 0 Å². The maximum atomic E-state index is 10.9. The third-order valence-corrected chi connectivity index (χ3v) is 1.55. The zero-order valence-electron chi connectivity index (χ0n) is 8.37. The molecule has 0 aliphatic carbocycles. The van der Waals surface area contributed by atoms with Crippen molar-refractivity contribution < 1.29 is 14.3 Å². The highest BCUT2D eigenvalue weighted by Crippen LogP contribution is 2.00. The van der Waals surface area contributed by atoms with Gasteiger partial charge in [0.2, 0.25) is 5.91 Å². The Morgan fingerprint density at radius 2 is 2.31 bits per heavy atom. The van der Waals surface area contributed by atoms with Gasteiger partial charge in [0.05, 0.1) is 0 Å². The van der Waals surface area contributed by atoms with E-state index in [0.717, 1.165) is 0 Å². The van der Waals surface area contributed by atoms with Crippen molar-refractivity contribution in [2.24, 2.45) is 0 Å². The number of methoxy groups -OCH3 is 1. The lowest BCUT2D eigenvalue weighted by Crippen LogP contribution is -2.37. The highest BCUT2D eigenvalue weighted by molar-refractivity contribution is 5.86. The van der Waals surface area contributed by atoms with Gasteiger partial charge < -0.3 is 14.8 Å².